The standard InChI is InChI=1S/C17H20N2O2/c1-2-5-16(21)19-17-12-6-3-4-7-14(12)18-15-9-8-11(20)10-13(15)17/h3-4,6-7,11,20H,2,5,8-10H2,1H3,(H,18,19,21). The number of nitrogens with zero attached hydrogens (tertiary/aromatic N) is 1. The largest absolute Gasteiger partial charge is 0.393 e. The molecule has 110 valence electrons. The number of anilines is 1. The molecule has 0 saturated carbocycles. The molecule has 0 fully saturated rings. The van der Waals surface area contributed by atoms with Gasteiger partial charge in [0.15, 0.2) is 0 Å². The van der Waals surface area contributed by atoms with Gasteiger partial charge in [0.2, 0.25) is 5.91 Å². The van der Waals surface area contributed by atoms with Crippen molar-refractivity contribution in [1.29, 1.82) is 0 Å². The van der Waals surface area contributed by atoms with Gasteiger partial charge in [0.25, 0.3) is 0 Å². The Kier molecular flexibility index (Phi) is 3.88. The number of rotatable bonds is 3. The number of aliphatic hydroxyl groups excluding tert-OH is 1. The van der Waals surface area contributed by atoms with Crippen molar-refractivity contribution in [2.75, 3.05) is 5.32 Å². The highest BCUT2D eigenvalue weighted by Gasteiger charge is 2.23. The van der Waals surface area contributed by atoms with Crippen LogP contribution in [-0.4, -0.2) is 22.1 Å². The lowest BCUT2D eigenvalue weighted by molar-refractivity contribution is -0.116. The minimum atomic E-state index is -0.345. The van der Waals surface area contributed by atoms with Crippen LogP contribution < -0.4 is 5.32 Å². The van der Waals surface area contributed by atoms with Gasteiger partial charge in [-0.15, -0.1) is 0 Å². The maximum absolute atomic E-state index is 12.0. The Morgan fingerprint density at radius 3 is 3.05 bits per heavy atom. The number of aliphatic hydroxyl groups is 1. The summed E-state index contributed by atoms with van der Waals surface area (Å²) in [5.41, 5.74) is 3.75. The molecule has 2 aromatic rings. The molecule has 4 nitrogen and oxygen atoms in total. The lowest BCUT2D eigenvalue weighted by atomic mass is 9.90. The third-order valence-corrected chi connectivity index (χ3v) is 3.97. The van der Waals surface area contributed by atoms with Crippen molar-refractivity contribution in [3.05, 3.63) is 35.5 Å². The number of amides is 1. The number of carbonyl (C=O) groups excluding carboxylic acids is 1. The molecular formula is C17H20N2O2. The zero-order valence-electron chi connectivity index (χ0n) is 12.2. The normalized spacial score (nSPS) is 17.5. The van der Waals surface area contributed by atoms with Crippen molar-refractivity contribution in [1.82, 2.24) is 4.98 Å². The average Bonchev–Trinajstić information content (AvgIpc) is 2.48. The molecule has 1 aromatic heterocycles. The van der Waals surface area contributed by atoms with Gasteiger partial charge in [0.1, 0.15) is 0 Å². The maximum atomic E-state index is 12.0. The third kappa shape index (κ3) is 2.76. The van der Waals surface area contributed by atoms with Gasteiger partial charge in [-0.05, 0) is 25.3 Å². The molecule has 3 rings (SSSR count). The van der Waals surface area contributed by atoms with E-state index in [-0.39, 0.29) is 12.0 Å². The summed E-state index contributed by atoms with van der Waals surface area (Å²) in [5, 5.41) is 13.9. The summed E-state index contributed by atoms with van der Waals surface area (Å²) in [7, 11) is 0. The van der Waals surface area contributed by atoms with Gasteiger partial charge in [-0.25, -0.2) is 0 Å². The fraction of sp³-hybridized carbons (Fsp3) is 0.412. The van der Waals surface area contributed by atoms with E-state index in [0.717, 1.165) is 47.1 Å². The fourth-order valence-corrected chi connectivity index (χ4v) is 2.94. The van der Waals surface area contributed by atoms with Crippen molar-refractivity contribution < 1.29 is 9.90 Å². The molecule has 0 radical (unpaired) electrons. The topological polar surface area (TPSA) is 62.2 Å². The van der Waals surface area contributed by atoms with Crippen LogP contribution in [0, 0.1) is 0 Å². The molecule has 21 heavy (non-hydrogen) atoms. The Bertz CT molecular complexity index is 682. The summed E-state index contributed by atoms with van der Waals surface area (Å²) >= 11 is 0. The van der Waals surface area contributed by atoms with E-state index in [4.69, 9.17) is 4.98 Å². The van der Waals surface area contributed by atoms with Crippen LogP contribution >= 0.6 is 0 Å². The molecule has 4 heteroatoms. The summed E-state index contributed by atoms with van der Waals surface area (Å²) in [6.45, 7) is 1.99. The fourth-order valence-electron chi connectivity index (χ4n) is 2.94. The van der Waals surface area contributed by atoms with Crippen LogP contribution in [0.4, 0.5) is 5.69 Å². The van der Waals surface area contributed by atoms with E-state index in [1.807, 2.05) is 31.2 Å². The number of hydrogen-bond donors (Lipinski definition) is 2. The number of aryl methyl sites for hydroxylation is 1. The smallest absolute Gasteiger partial charge is 0.224 e. The Labute approximate surface area is 124 Å². The summed E-state index contributed by atoms with van der Waals surface area (Å²) in [6, 6.07) is 7.85. The predicted molar refractivity (Wildman–Crippen MR) is 83.3 cm³/mol. The highest BCUT2D eigenvalue weighted by Crippen LogP contribution is 2.33. The van der Waals surface area contributed by atoms with Gasteiger partial charge in [-0.3, -0.25) is 9.78 Å². The quantitative estimate of drug-likeness (QED) is 0.911. The van der Waals surface area contributed by atoms with Crippen LogP contribution in [0.25, 0.3) is 10.9 Å². The molecule has 0 aliphatic heterocycles. The zero-order chi connectivity index (χ0) is 14.8. The zero-order valence-corrected chi connectivity index (χ0v) is 12.2. The molecule has 1 unspecified atom stereocenters. The van der Waals surface area contributed by atoms with Crippen LogP contribution in [0.15, 0.2) is 24.3 Å². The van der Waals surface area contributed by atoms with E-state index in [0.29, 0.717) is 12.8 Å². The van der Waals surface area contributed by atoms with Crippen LogP contribution in [0.3, 0.4) is 0 Å². The van der Waals surface area contributed by atoms with Crippen LogP contribution in [-0.2, 0) is 17.6 Å². The minimum absolute atomic E-state index is 0.0242. The van der Waals surface area contributed by atoms with Gasteiger partial charge >= 0.3 is 0 Å². The second-order valence-corrected chi connectivity index (χ2v) is 5.62. The minimum Gasteiger partial charge on any atom is -0.393 e. The Morgan fingerprint density at radius 2 is 2.24 bits per heavy atom. The number of pyridine rings is 1. The highest BCUT2D eigenvalue weighted by atomic mass is 16.3. The molecule has 1 aliphatic carbocycles. The van der Waals surface area contributed by atoms with Crippen LogP contribution in [0.1, 0.15) is 37.4 Å². The molecule has 1 atom stereocenters. The maximum Gasteiger partial charge on any atom is 0.224 e. The van der Waals surface area contributed by atoms with Crippen LogP contribution in [0.5, 0.6) is 0 Å². The highest BCUT2D eigenvalue weighted by molar-refractivity contribution is 6.02. The van der Waals surface area contributed by atoms with Crippen molar-refractivity contribution in [2.24, 2.45) is 0 Å². The number of aromatic nitrogens is 1. The van der Waals surface area contributed by atoms with E-state index >= 15 is 0 Å². The first kappa shape index (κ1) is 14.0. The van der Waals surface area contributed by atoms with Crippen LogP contribution in [0.2, 0.25) is 0 Å². The number of carbonyl (C=O) groups is 1. The van der Waals surface area contributed by atoms with Crippen molar-refractivity contribution in [2.45, 2.75) is 45.1 Å². The summed E-state index contributed by atoms with van der Waals surface area (Å²) in [4.78, 5) is 16.7. The van der Waals surface area contributed by atoms with E-state index in [1.165, 1.54) is 0 Å². The Morgan fingerprint density at radius 1 is 1.43 bits per heavy atom. The molecule has 1 aliphatic rings. The molecular weight excluding hydrogens is 264 g/mol. The molecule has 1 heterocycles. The Hall–Kier alpha value is -1.94. The second-order valence-electron chi connectivity index (χ2n) is 5.62. The van der Waals surface area contributed by atoms with Crippen molar-refractivity contribution >= 4 is 22.5 Å². The number of hydrogen-bond acceptors (Lipinski definition) is 3. The molecule has 0 bridgehead atoms. The summed E-state index contributed by atoms with van der Waals surface area (Å²) < 4.78 is 0. The molecule has 1 amide bonds. The van der Waals surface area contributed by atoms with Crippen molar-refractivity contribution in [3.63, 3.8) is 0 Å². The third-order valence-electron chi connectivity index (χ3n) is 3.97. The molecule has 2 N–H and O–H groups in total. The van der Waals surface area contributed by atoms with Gasteiger partial charge in [-0.1, -0.05) is 25.1 Å². The number of nitrogens with one attached hydrogen (secondary N) is 1. The first-order chi connectivity index (χ1) is 10.2. The van der Waals surface area contributed by atoms with Gasteiger partial charge in [-0.2, -0.15) is 0 Å². The molecule has 1 aromatic carbocycles. The average molecular weight is 284 g/mol. The predicted octanol–water partition coefficient (Wildman–Crippen LogP) is 2.82. The number of para-hydroxylation sites is 1. The molecule has 0 saturated heterocycles. The van der Waals surface area contributed by atoms with Gasteiger partial charge < -0.3 is 10.4 Å². The number of fused-ring (bicyclic) bond motifs is 2. The molecule has 0 spiro atoms. The van der Waals surface area contributed by atoms with E-state index in [2.05, 4.69) is 5.32 Å². The SMILES string of the molecule is CCCC(=O)Nc1c2c(nc3ccccc13)CCC(O)C2. The first-order valence-electron chi connectivity index (χ1n) is 7.57. The number of benzene rings is 1. The van der Waals surface area contributed by atoms with E-state index in [9.17, 15) is 9.90 Å². The van der Waals surface area contributed by atoms with Gasteiger partial charge in [0, 0.05) is 29.5 Å². The van der Waals surface area contributed by atoms with Crippen molar-refractivity contribution in [3.8, 4) is 0 Å². The summed E-state index contributed by atoms with van der Waals surface area (Å²) in [5.74, 6) is 0.0242. The van der Waals surface area contributed by atoms with E-state index < -0.39 is 0 Å². The second kappa shape index (κ2) is 5.82. The lowest BCUT2D eigenvalue weighted by Gasteiger charge is -2.24. The van der Waals surface area contributed by atoms with Gasteiger partial charge in [0.05, 0.1) is 17.3 Å². The first-order valence-corrected chi connectivity index (χ1v) is 7.57. The Balaban J connectivity index is 2.13. The monoisotopic (exact) mass is 284 g/mol. The summed E-state index contributed by atoms with van der Waals surface area (Å²) in [6.07, 6.45) is 3.04. The lowest BCUT2D eigenvalue weighted by Crippen LogP contribution is -2.23. The van der Waals surface area contributed by atoms with E-state index in [1.54, 1.807) is 0 Å².